The van der Waals surface area contributed by atoms with Gasteiger partial charge < -0.3 is 5.11 Å². The molecule has 2 heterocycles. The molecule has 2 aromatic rings. The van der Waals surface area contributed by atoms with Crippen molar-refractivity contribution in [1.29, 1.82) is 0 Å². The molecule has 2 aromatic heterocycles. The summed E-state index contributed by atoms with van der Waals surface area (Å²) in [6.07, 6.45) is 5.28. The van der Waals surface area contributed by atoms with Crippen LogP contribution in [0.1, 0.15) is 47.5 Å². The molecule has 0 fully saturated rings. The number of nitrogens with zero attached hydrogens (tertiary/aromatic N) is 3. The predicted molar refractivity (Wildman–Crippen MR) is 79.9 cm³/mol. The molecule has 3 rings (SSSR count). The highest BCUT2D eigenvalue weighted by Crippen LogP contribution is 2.34. The summed E-state index contributed by atoms with van der Waals surface area (Å²) in [5, 5.41) is 14.7. The number of aliphatic hydroxyl groups is 1. The first-order valence-corrected chi connectivity index (χ1v) is 8.11. The molecule has 1 aliphatic carbocycles. The van der Waals surface area contributed by atoms with Crippen molar-refractivity contribution in [2.45, 2.75) is 52.2 Å². The van der Waals surface area contributed by atoms with Gasteiger partial charge in [0.05, 0.1) is 6.10 Å². The summed E-state index contributed by atoms with van der Waals surface area (Å²) in [7, 11) is 0. The maximum absolute atomic E-state index is 10.4. The fraction of sp³-hybridized carbons (Fsp3) is 0.600. The van der Waals surface area contributed by atoms with E-state index in [-0.39, 0.29) is 0 Å². The molecule has 1 atom stereocenters. The second-order valence-electron chi connectivity index (χ2n) is 5.92. The van der Waals surface area contributed by atoms with E-state index in [0.29, 0.717) is 12.3 Å². The zero-order valence-electron chi connectivity index (χ0n) is 12.0. The first-order chi connectivity index (χ1) is 9.63. The molecule has 0 amide bonds. The number of aryl methyl sites for hydroxylation is 2. The Morgan fingerprint density at radius 1 is 1.40 bits per heavy atom. The van der Waals surface area contributed by atoms with Crippen molar-refractivity contribution in [2.75, 3.05) is 0 Å². The topological polar surface area (TPSA) is 50.9 Å². The summed E-state index contributed by atoms with van der Waals surface area (Å²) >= 11 is 1.76. The van der Waals surface area contributed by atoms with Crippen LogP contribution < -0.4 is 0 Å². The van der Waals surface area contributed by atoms with Gasteiger partial charge in [0.2, 0.25) is 0 Å². The zero-order valence-corrected chi connectivity index (χ0v) is 12.9. The molecule has 1 unspecified atom stereocenters. The van der Waals surface area contributed by atoms with Crippen molar-refractivity contribution in [3.05, 3.63) is 33.5 Å². The van der Waals surface area contributed by atoms with Crippen molar-refractivity contribution < 1.29 is 5.11 Å². The van der Waals surface area contributed by atoms with E-state index in [1.807, 2.05) is 4.68 Å². The molecule has 0 aliphatic heterocycles. The van der Waals surface area contributed by atoms with Crippen LogP contribution in [0.4, 0.5) is 0 Å². The second-order valence-corrected chi connectivity index (χ2v) is 7.09. The van der Waals surface area contributed by atoms with Gasteiger partial charge in [-0.2, -0.15) is 5.10 Å². The minimum atomic E-state index is -0.458. The van der Waals surface area contributed by atoms with E-state index < -0.39 is 6.10 Å². The molecule has 0 spiro atoms. The van der Waals surface area contributed by atoms with Crippen LogP contribution in [0.15, 0.2) is 12.4 Å². The van der Waals surface area contributed by atoms with E-state index in [0.717, 1.165) is 17.2 Å². The van der Waals surface area contributed by atoms with E-state index >= 15 is 0 Å². The quantitative estimate of drug-likeness (QED) is 0.921. The van der Waals surface area contributed by atoms with Crippen molar-refractivity contribution in [2.24, 2.45) is 5.92 Å². The number of fused-ring (bicyclic) bond motifs is 1. The third kappa shape index (κ3) is 2.79. The standard InChI is InChI=1S/C15H21N3OS/c1-10(2)8-18-15(16-9-17-18)7-12(19)14-6-11-4-3-5-13(11)20-14/h6,9-10,12,19H,3-5,7-8H2,1-2H3. The Bertz CT molecular complexity index is 566. The molecule has 0 radical (unpaired) electrons. The number of hydrogen-bond donors (Lipinski definition) is 1. The third-order valence-electron chi connectivity index (χ3n) is 3.70. The van der Waals surface area contributed by atoms with E-state index in [4.69, 9.17) is 0 Å². The van der Waals surface area contributed by atoms with Crippen LogP contribution in [-0.2, 0) is 25.8 Å². The Morgan fingerprint density at radius 2 is 2.25 bits per heavy atom. The van der Waals surface area contributed by atoms with Gasteiger partial charge in [-0.05, 0) is 36.8 Å². The summed E-state index contributed by atoms with van der Waals surface area (Å²) in [5.74, 6) is 1.40. The van der Waals surface area contributed by atoms with Gasteiger partial charge in [0.25, 0.3) is 0 Å². The number of hydrogen-bond acceptors (Lipinski definition) is 4. The van der Waals surface area contributed by atoms with Crippen LogP contribution >= 0.6 is 11.3 Å². The molecule has 0 bridgehead atoms. The van der Waals surface area contributed by atoms with Gasteiger partial charge in [0.1, 0.15) is 12.2 Å². The van der Waals surface area contributed by atoms with Crippen LogP contribution in [-0.4, -0.2) is 19.9 Å². The minimum Gasteiger partial charge on any atom is -0.387 e. The molecule has 0 aromatic carbocycles. The molecule has 108 valence electrons. The molecule has 1 N–H and O–H groups in total. The lowest BCUT2D eigenvalue weighted by atomic mass is 10.1. The normalized spacial score (nSPS) is 15.8. The lowest BCUT2D eigenvalue weighted by molar-refractivity contribution is 0.177. The Hall–Kier alpha value is -1.20. The monoisotopic (exact) mass is 291 g/mol. The molecule has 20 heavy (non-hydrogen) atoms. The largest absolute Gasteiger partial charge is 0.387 e. The summed E-state index contributed by atoms with van der Waals surface area (Å²) in [6.45, 7) is 5.17. The van der Waals surface area contributed by atoms with E-state index in [2.05, 4.69) is 30.0 Å². The lowest BCUT2D eigenvalue weighted by Gasteiger charge is -2.11. The maximum Gasteiger partial charge on any atom is 0.138 e. The molecule has 0 saturated carbocycles. The zero-order chi connectivity index (χ0) is 14.1. The molecule has 1 aliphatic rings. The average molecular weight is 291 g/mol. The molecular formula is C15H21N3OS. The highest BCUT2D eigenvalue weighted by Gasteiger charge is 2.20. The number of aromatic nitrogens is 3. The first kappa shape index (κ1) is 13.8. The fourth-order valence-corrected chi connectivity index (χ4v) is 3.98. The van der Waals surface area contributed by atoms with Gasteiger partial charge in [-0.25, -0.2) is 9.67 Å². The van der Waals surface area contributed by atoms with E-state index in [9.17, 15) is 5.11 Å². The Labute approximate surface area is 123 Å². The van der Waals surface area contributed by atoms with Gasteiger partial charge in [-0.3, -0.25) is 0 Å². The summed E-state index contributed by atoms with van der Waals surface area (Å²) in [6, 6.07) is 2.18. The average Bonchev–Trinajstić information content (AvgIpc) is 3.03. The summed E-state index contributed by atoms with van der Waals surface area (Å²) in [5.41, 5.74) is 1.44. The lowest BCUT2D eigenvalue weighted by Crippen LogP contribution is -2.13. The summed E-state index contributed by atoms with van der Waals surface area (Å²) in [4.78, 5) is 6.83. The highest BCUT2D eigenvalue weighted by atomic mass is 32.1. The van der Waals surface area contributed by atoms with E-state index in [1.54, 1.807) is 17.7 Å². The van der Waals surface area contributed by atoms with Gasteiger partial charge in [0.15, 0.2) is 0 Å². The minimum absolute atomic E-state index is 0.458. The SMILES string of the molecule is CC(C)Cn1ncnc1CC(O)c1cc2c(s1)CCC2. The van der Waals surface area contributed by atoms with Crippen molar-refractivity contribution in [1.82, 2.24) is 14.8 Å². The predicted octanol–water partition coefficient (Wildman–Crippen LogP) is 2.76. The smallest absolute Gasteiger partial charge is 0.138 e. The van der Waals surface area contributed by atoms with Crippen LogP contribution in [0.3, 0.4) is 0 Å². The summed E-state index contributed by atoms with van der Waals surface area (Å²) < 4.78 is 1.91. The van der Waals surface area contributed by atoms with Gasteiger partial charge >= 0.3 is 0 Å². The maximum atomic E-state index is 10.4. The van der Waals surface area contributed by atoms with Gasteiger partial charge in [-0.15, -0.1) is 11.3 Å². The Balaban J connectivity index is 1.72. The molecular weight excluding hydrogens is 270 g/mol. The van der Waals surface area contributed by atoms with Gasteiger partial charge in [-0.1, -0.05) is 13.8 Å². The van der Waals surface area contributed by atoms with Crippen LogP contribution in [0.25, 0.3) is 0 Å². The molecule has 5 heteroatoms. The Kier molecular flexibility index (Phi) is 3.89. The molecule has 0 saturated heterocycles. The number of thiophene rings is 1. The van der Waals surface area contributed by atoms with Crippen molar-refractivity contribution in [3.8, 4) is 0 Å². The first-order valence-electron chi connectivity index (χ1n) is 7.29. The third-order valence-corrected chi connectivity index (χ3v) is 5.04. The molecule has 4 nitrogen and oxygen atoms in total. The van der Waals surface area contributed by atoms with Gasteiger partial charge in [0, 0.05) is 22.7 Å². The van der Waals surface area contributed by atoms with Crippen molar-refractivity contribution >= 4 is 11.3 Å². The Morgan fingerprint density at radius 3 is 3.00 bits per heavy atom. The van der Waals surface area contributed by atoms with Crippen LogP contribution in [0, 0.1) is 5.92 Å². The van der Waals surface area contributed by atoms with Crippen LogP contribution in [0.5, 0.6) is 0 Å². The highest BCUT2D eigenvalue weighted by molar-refractivity contribution is 7.12. The van der Waals surface area contributed by atoms with Crippen molar-refractivity contribution in [3.63, 3.8) is 0 Å². The number of rotatable bonds is 5. The number of aliphatic hydroxyl groups excluding tert-OH is 1. The van der Waals surface area contributed by atoms with Crippen LogP contribution in [0.2, 0.25) is 0 Å². The van der Waals surface area contributed by atoms with E-state index in [1.165, 1.54) is 29.7 Å². The second kappa shape index (κ2) is 5.66. The fourth-order valence-electron chi connectivity index (χ4n) is 2.73.